The third-order valence-electron chi connectivity index (χ3n) is 3.73. The number of carbonyl (C=O) groups is 1. The van der Waals surface area contributed by atoms with Gasteiger partial charge in [-0.2, -0.15) is 0 Å². The van der Waals surface area contributed by atoms with Crippen molar-refractivity contribution in [1.29, 1.82) is 0 Å². The van der Waals surface area contributed by atoms with Crippen molar-refractivity contribution in [2.24, 2.45) is 5.92 Å². The van der Waals surface area contributed by atoms with Crippen LogP contribution in [0.3, 0.4) is 0 Å². The first-order valence-corrected chi connectivity index (χ1v) is 6.26. The van der Waals surface area contributed by atoms with Crippen molar-refractivity contribution >= 4 is 5.97 Å². The summed E-state index contributed by atoms with van der Waals surface area (Å²) in [5.41, 5.74) is -0.367. The molecule has 1 rings (SSSR count). The van der Waals surface area contributed by atoms with Gasteiger partial charge in [0.1, 0.15) is 11.7 Å². The van der Waals surface area contributed by atoms with Crippen molar-refractivity contribution in [3.8, 4) is 0 Å². The molecule has 1 fully saturated rings. The van der Waals surface area contributed by atoms with E-state index in [-0.39, 0.29) is 29.9 Å². The lowest BCUT2D eigenvalue weighted by Gasteiger charge is -2.37. The summed E-state index contributed by atoms with van der Waals surface area (Å²) in [4.78, 5) is 11.1. The number of rotatable bonds is 4. The molecule has 100 valence electrons. The van der Waals surface area contributed by atoms with E-state index >= 15 is 0 Å². The molecule has 1 aliphatic rings. The Hall–Kier alpha value is -0.610. The number of esters is 1. The van der Waals surface area contributed by atoms with Gasteiger partial charge in [-0.05, 0) is 19.3 Å². The molecule has 4 atom stereocenters. The van der Waals surface area contributed by atoms with Crippen molar-refractivity contribution < 1.29 is 19.0 Å². The summed E-state index contributed by atoms with van der Waals surface area (Å²) >= 11 is 0. The van der Waals surface area contributed by atoms with E-state index in [0.717, 1.165) is 6.42 Å². The smallest absolute Gasteiger partial charge is 0.303 e. The van der Waals surface area contributed by atoms with Crippen molar-refractivity contribution in [2.45, 2.75) is 65.0 Å². The van der Waals surface area contributed by atoms with E-state index in [2.05, 4.69) is 20.8 Å². The van der Waals surface area contributed by atoms with Gasteiger partial charge in [0.2, 0.25) is 0 Å². The van der Waals surface area contributed by atoms with Gasteiger partial charge in [-0.3, -0.25) is 4.79 Å². The molecule has 0 aromatic carbocycles. The van der Waals surface area contributed by atoms with Gasteiger partial charge in [0.15, 0.2) is 6.10 Å². The molecule has 1 aliphatic heterocycles. The van der Waals surface area contributed by atoms with Crippen LogP contribution in [0.25, 0.3) is 0 Å². The number of methoxy groups -OCH3 is 1. The van der Waals surface area contributed by atoms with Crippen LogP contribution in [0.15, 0.2) is 0 Å². The average Bonchev–Trinajstić information content (AvgIpc) is 2.51. The maximum absolute atomic E-state index is 11.1. The number of carbonyl (C=O) groups excluding carboxylic acids is 1. The SMILES string of the molecule is CC[C@@]1(C(C)C)O[C@@H](C)[C@@H](OC(C)=O)[C@@H]1OC. The molecule has 0 radical (unpaired) electrons. The van der Waals surface area contributed by atoms with E-state index < -0.39 is 0 Å². The van der Waals surface area contributed by atoms with E-state index in [4.69, 9.17) is 14.2 Å². The maximum Gasteiger partial charge on any atom is 0.303 e. The summed E-state index contributed by atoms with van der Waals surface area (Å²) in [6.45, 7) is 9.64. The average molecular weight is 244 g/mol. The maximum atomic E-state index is 11.1. The first-order chi connectivity index (χ1) is 7.89. The van der Waals surface area contributed by atoms with E-state index in [1.165, 1.54) is 6.92 Å². The molecule has 0 aromatic heterocycles. The Labute approximate surface area is 104 Å². The summed E-state index contributed by atoms with van der Waals surface area (Å²) in [5.74, 6) is 0.0172. The first kappa shape index (κ1) is 14.5. The minimum absolute atomic E-state index is 0.133. The van der Waals surface area contributed by atoms with E-state index in [1.54, 1.807) is 7.11 Å². The predicted molar refractivity (Wildman–Crippen MR) is 64.8 cm³/mol. The molecule has 4 nitrogen and oxygen atoms in total. The lowest BCUT2D eigenvalue weighted by molar-refractivity contribution is -0.154. The molecule has 0 aliphatic carbocycles. The quantitative estimate of drug-likeness (QED) is 0.711. The normalized spacial score (nSPS) is 37.5. The zero-order valence-corrected chi connectivity index (χ0v) is 11.6. The molecule has 0 amide bonds. The van der Waals surface area contributed by atoms with Crippen molar-refractivity contribution in [3.63, 3.8) is 0 Å². The molecule has 4 heteroatoms. The molecule has 0 bridgehead atoms. The highest BCUT2D eigenvalue weighted by Gasteiger charge is 2.56. The largest absolute Gasteiger partial charge is 0.457 e. The zero-order chi connectivity index (χ0) is 13.2. The van der Waals surface area contributed by atoms with Gasteiger partial charge in [0.05, 0.1) is 6.10 Å². The van der Waals surface area contributed by atoms with E-state index in [1.807, 2.05) is 6.92 Å². The summed E-state index contributed by atoms with van der Waals surface area (Å²) in [7, 11) is 1.65. The van der Waals surface area contributed by atoms with Crippen LogP contribution in [0, 0.1) is 5.92 Å². The van der Waals surface area contributed by atoms with E-state index in [9.17, 15) is 4.79 Å². The standard InChI is InChI=1S/C13H24O4/c1-7-13(8(2)3)12(15-6)11(9(4)17-13)16-10(5)14/h8-9,11-12H,7H2,1-6H3/t9-,11+,12-,13-/m0/s1. The second-order valence-electron chi connectivity index (χ2n) is 5.02. The molecule has 0 N–H and O–H groups in total. The Kier molecular flexibility index (Phi) is 4.55. The molecular weight excluding hydrogens is 220 g/mol. The predicted octanol–water partition coefficient (Wildman–Crippen LogP) is 2.16. The van der Waals surface area contributed by atoms with Gasteiger partial charge >= 0.3 is 5.97 Å². The van der Waals surface area contributed by atoms with Gasteiger partial charge in [0, 0.05) is 14.0 Å². The molecule has 1 saturated heterocycles. The molecule has 17 heavy (non-hydrogen) atoms. The topological polar surface area (TPSA) is 44.8 Å². The van der Waals surface area contributed by atoms with Gasteiger partial charge in [0.25, 0.3) is 0 Å². The van der Waals surface area contributed by atoms with Gasteiger partial charge in [-0.1, -0.05) is 20.8 Å². The fraction of sp³-hybridized carbons (Fsp3) is 0.923. The number of ether oxygens (including phenoxy) is 3. The summed E-state index contributed by atoms with van der Waals surface area (Å²) in [5, 5.41) is 0. The van der Waals surface area contributed by atoms with Gasteiger partial charge < -0.3 is 14.2 Å². The fourth-order valence-electron chi connectivity index (χ4n) is 2.84. The fourth-order valence-corrected chi connectivity index (χ4v) is 2.84. The molecule has 0 spiro atoms. The lowest BCUT2D eigenvalue weighted by Crippen LogP contribution is -2.48. The molecular formula is C13H24O4. The highest BCUT2D eigenvalue weighted by Crippen LogP contribution is 2.42. The van der Waals surface area contributed by atoms with Crippen LogP contribution in [0.5, 0.6) is 0 Å². The van der Waals surface area contributed by atoms with Crippen molar-refractivity contribution in [1.82, 2.24) is 0 Å². The highest BCUT2D eigenvalue weighted by atomic mass is 16.6. The Morgan fingerprint density at radius 2 is 2.06 bits per heavy atom. The van der Waals surface area contributed by atoms with Crippen LogP contribution < -0.4 is 0 Å². The Bertz CT molecular complexity index is 277. The molecule has 0 saturated carbocycles. The van der Waals surface area contributed by atoms with Crippen molar-refractivity contribution in [3.05, 3.63) is 0 Å². The number of hydrogen-bond donors (Lipinski definition) is 0. The summed E-state index contributed by atoms with van der Waals surface area (Å²) in [6, 6.07) is 0. The third kappa shape index (κ3) is 2.47. The second-order valence-corrected chi connectivity index (χ2v) is 5.02. The van der Waals surface area contributed by atoms with E-state index in [0.29, 0.717) is 5.92 Å². The Balaban J connectivity index is 3.00. The van der Waals surface area contributed by atoms with Gasteiger partial charge in [-0.15, -0.1) is 0 Å². The minimum atomic E-state index is -0.367. The Morgan fingerprint density at radius 3 is 2.41 bits per heavy atom. The van der Waals surface area contributed by atoms with Crippen LogP contribution >= 0.6 is 0 Å². The van der Waals surface area contributed by atoms with Gasteiger partial charge in [-0.25, -0.2) is 0 Å². The van der Waals surface area contributed by atoms with Crippen LogP contribution in [0.1, 0.15) is 41.0 Å². The summed E-state index contributed by atoms with van der Waals surface area (Å²) in [6.07, 6.45) is 0.183. The van der Waals surface area contributed by atoms with Crippen LogP contribution in [-0.2, 0) is 19.0 Å². The minimum Gasteiger partial charge on any atom is -0.457 e. The second kappa shape index (κ2) is 5.36. The Morgan fingerprint density at radius 1 is 1.47 bits per heavy atom. The monoisotopic (exact) mass is 244 g/mol. The molecule has 0 aromatic rings. The van der Waals surface area contributed by atoms with Crippen LogP contribution in [0.4, 0.5) is 0 Å². The molecule has 0 unspecified atom stereocenters. The number of hydrogen-bond acceptors (Lipinski definition) is 4. The first-order valence-electron chi connectivity index (χ1n) is 6.26. The summed E-state index contributed by atoms with van der Waals surface area (Å²) < 4.78 is 17.0. The van der Waals surface area contributed by atoms with Crippen molar-refractivity contribution in [2.75, 3.05) is 7.11 Å². The lowest BCUT2D eigenvalue weighted by atomic mass is 9.82. The van der Waals surface area contributed by atoms with Crippen LogP contribution in [0.2, 0.25) is 0 Å². The molecule has 1 heterocycles. The highest BCUT2D eigenvalue weighted by molar-refractivity contribution is 5.66. The zero-order valence-electron chi connectivity index (χ0n) is 11.6. The van der Waals surface area contributed by atoms with Crippen LogP contribution in [-0.4, -0.2) is 37.0 Å². The third-order valence-corrected chi connectivity index (χ3v) is 3.73.